The van der Waals surface area contributed by atoms with E-state index in [2.05, 4.69) is 41.2 Å². The molecular formula is C23H26N4O2. The molecule has 0 spiro atoms. The number of carbonyl (C=O) groups excluding carboxylic acids is 1. The number of nitrogens with zero attached hydrogens (tertiary/aromatic N) is 4. The lowest BCUT2D eigenvalue weighted by molar-refractivity contribution is -0.134. The van der Waals surface area contributed by atoms with E-state index >= 15 is 0 Å². The SMILES string of the molecule is CN(Cc1ccccc1)C1CCCN(C(=O)Cn2cnc3ccccc3c2=O)C1. The van der Waals surface area contributed by atoms with Gasteiger partial charge in [-0.15, -0.1) is 0 Å². The molecule has 1 aromatic heterocycles. The number of likely N-dealkylation sites (tertiary alicyclic amines) is 1. The van der Waals surface area contributed by atoms with Gasteiger partial charge < -0.3 is 4.90 Å². The van der Waals surface area contributed by atoms with E-state index in [0.717, 1.165) is 25.9 Å². The number of hydrogen-bond acceptors (Lipinski definition) is 4. The van der Waals surface area contributed by atoms with Crippen molar-refractivity contribution in [1.82, 2.24) is 19.4 Å². The summed E-state index contributed by atoms with van der Waals surface area (Å²) in [4.78, 5) is 34.1. The second-order valence-electron chi connectivity index (χ2n) is 7.73. The maximum atomic E-state index is 12.9. The summed E-state index contributed by atoms with van der Waals surface area (Å²) >= 11 is 0. The van der Waals surface area contributed by atoms with Crippen molar-refractivity contribution in [2.45, 2.75) is 32.0 Å². The molecule has 1 unspecified atom stereocenters. The molecule has 1 amide bonds. The standard InChI is InChI=1S/C23H26N4O2/c1-25(14-18-8-3-2-4-9-18)19-10-7-13-26(15-19)22(28)16-27-17-24-21-12-6-5-11-20(21)23(27)29/h2-6,8-9,11-12,17,19H,7,10,13-16H2,1H3. The van der Waals surface area contributed by atoms with Gasteiger partial charge in [-0.1, -0.05) is 42.5 Å². The zero-order chi connectivity index (χ0) is 20.2. The van der Waals surface area contributed by atoms with Crippen LogP contribution >= 0.6 is 0 Å². The lowest BCUT2D eigenvalue weighted by Crippen LogP contribution is -2.49. The summed E-state index contributed by atoms with van der Waals surface area (Å²) in [7, 11) is 2.11. The van der Waals surface area contributed by atoms with E-state index in [0.29, 0.717) is 23.5 Å². The molecule has 0 saturated carbocycles. The summed E-state index contributed by atoms with van der Waals surface area (Å²) < 4.78 is 1.42. The van der Waals surface area contributed by atoms with E-state index in [1.54, 1.807) is 12.1 Å². The van der Waals surface area contributed by atoms with Gasteiger partial charge in [0.2, 0.25) is 5.91 Å². The van der Waals surface area contributed by atoms with E-state index in [-0.39, 0.29) is 18.0 Å². The Morgan fingerprint density at radius 1 is 1.14 bits per heavy atom. The van der Waals surface area contributed by atoms with Gasteiger partial charge in [0.25, 0.3) is 5.56 Å². The number of rotatable bonds is 5. The van der Waals surface area contributed by atoms with Crippen LogP contribution in [0.4, 0.5) is 0 Å². The molecule has 1 aliphatic rings. The number of amides is 1. The molecular weight excluding hydrogens is 364 g/mol. The quantitative estimate of drug-likeness (QED) is 0.672. The molecule has 0 N–H and O–H groups in total. The van der Waals surface area contributed by atoms with Crippen LogP contribution in [0.15, 0.2) is 65.7 Å². The molecule has 1 fully saturated rings. The Balaban J connectivity index is 1.42. The van der Waals surface area contributed by atoms with Crippen LogP contribution < -0.4 is 5.56 Å². The first-order chi connectivity index (χ1) is 14.1. The lowest BCUT2D eigenvalue weighted by atomic mass is 10.0. The number of fused-ring (bicyclic) bond motifs is 1. The number of piperidine rings is 1. The Labute approximate surface area is 170 Å². The van der Waals surface area contributed by atoms with Gasteiger partial charge in [-0.05, 0) is 37.6 Å². The third-order valence-electron chi connectivity index (χ3n) is 5.68. The highest BCUT2D eigenvalue weighted by atomic mass is 16.2. The highest BCUT2D eigenvalue weighted by molar-refractivity contribution is 5.79. The molecule has 4 rings (SSSR count). The van der Waals surface area contributed by atoms with Crippen molar-refractivity contribution in [3.63, 3.8) is 0 Å². The van der Waals surface area contributed by atoms with Crippen LogP contribution in [0.3, 0.4) is 0 Å². The van der Waals surface area contributed by atoms with Crippen molar-refractivity contribution in [1.29, 1.82) is 0 Å². The summed E-state index contributed by atoms with van der Waals surface area (Å²) in [6, 6.07) is 17.9. The van der Waals surface area contributed by atoms with Crippen molar-refractivity contribution in [2.24, 2.45) is 0 Å². The van der Waals surface area contributed by atoms with Crippen molar-refractivity contribution in [3.05, 3.63) is 76.8 Å². The number of aromatic nitrogens is 2. The predicted octanol–water partition coefficient (Wildman–Crippen LogP) is 2.52. The second kappa shape index (κ2) is 8.57. The molecule has 2 aromatic carbocycles. The molecule has 6 heteroatoms. The average molecular weight is 390 g/mol. The van der Waals surface area contributed by atoms with Crippen LogP contribution in [0.5, 0.6) is 0 Å². The van der Waals surface area contributed by atoms with E-state index in [4.69, 9.17) is 0 Å². The summed E-state index contributed by atoms with van der Waals surface area (Å²) in [5.74, 6) is -0.0259. The fraction of sp³-hybridized carbons (Fsp3) is 0.348. The number of likely N-dealkylation sites (N-methyl/N-ethyl adjacent to an activating group) is 1. The Bertz CT molecular complexity index is 1050. The van der Waals surface area contributed by atoms with Crippen molar-refractivity contribution < 1.29 is 4.79 Å². The number of para-hydroxylation sites is 1. The van der Waals surface area contributed by atoms with Crippen LogP contribution in [-0.2, 0) is 17.9 Å². The number of carbonyl (C=O) groups is 1. The number of hydrogen-bond donors (Lipinski definition) is 0. The topological polar surface area (TPSA) is 58.4 Å². The molecule has 0 bridgehead atoms. The fourth-order valence-corrected chi connectivity index (χ4v) is 4.01. The normalized spacial score (nSPS) is 17.0. The molecule has 2 heterocycles. The average Bonchev–Trinajstić information content (AvgIpc) is 2.76. The zero-order valence-corrected chi connectivity index (χ0v) is 16.7. The highest BCUT2D eigenvalue weighted by Crippen LogP contribution is 2.17. The van der Waals surface area contributed by atoms with Crippen LogP contribution in [0.2, 0.25) is 0 Å². The van der Waals surface area contributed by atoms with Gasteiger partial charge in [0.05, 0.1) is 17.2 Å². The largest absolute Gasteiger partial charge is 0.340 e. The van der Waals surface area contributed by atoms with Crippen LogP contribution in [0.1, 0.15) is 18.4 Å². The number of benzene rings is 2. The minimum absolute atomic E-state index is 0.0259. The van der Waals surface area contributed by atoms with E-state index < -0.39 is 0 Å². The van der Waals surface area contributed by atoms with Gasteiger partial charge in [-0.3, -0.25) is 19.1 Å². The van der Waals surface area contributed by atoms with Gasteiger partial charge >= 0.3 is 0 Å². The van der Waals surface area contributed by atoms with E-state index in [1.165, 1.54) is 16.5 Å². The molecule has 1 saturated heterocycles. The molecule has 1 aliphatic heterocycles. The smallest absolute Gasteiger partial charge is 0.261 e. The van der Waals surface area contributed by atoms with Crippen LogP contribution in [0, 0.1) is 0 Å². The van der Waals surface area contributed by atoms with Crippen molar-refractivity contribution in [2.75, 3.05) is 20.1 Å². The first kappa shape index (κ1) is 19.3. The second-order valence-corrected chi connectivity index (χ2v) is 7.73. The summed E-state index contributed by atoms with van der Waals surface area (Å²) in [6.07, 6.45) is 3.52. The molecule has 6 nitrogen and oxygen atoms in total. The fourth-order valence-electron chi connectivity index (χ4n) is 4.01. The molecule has 3 aromatic rings. The first-order valence-corrected chi connectivity index (χ1v) is 10.1. The summed E-state index contributed by atoms with van der Waals surface area (Å²) in [6.45, 7) is 2.33. The highest BCUT2D eigenvalue weighted by Gasteiger charge is 2.26. The Kier molecular flexibility index (Phi) is 5.71. The maximum Gasteiger partial charge on any atom is 0.261 e. The zero-order valence-electron chi connectivity index (χ0n) is 16.7. The van der Waals surface area contributed by atoms with E-state index in [9.17, 15) is 9.59 Å². The van der Waals surface area contributed by atoms with Crippen molar-refractivity contribution >= 4 is 16.8 Å². The van der Waals surface area contributed by atoms with Crippen molar-refractivity contribution in [3.8, 4) is 0 Å². The molecule has 0 radical (unpaired) electrons. The van der Waals surface area contributed by atoms with Gasteiger partial charge in [-0.2, -0.15) is 0 Å². The Morgan fingerprint density at radius 3 is 2.72 bits per heavy atom. The predicted molar refractivity (Wildman–Crippen MR) is 114 cm³/mol. The summed E-state index contributed by atoms with van der Waals surface area (Å²) in [5.41, 5.74) is 1.76. The molecule has 0 aliphatic carbocycles. The monoisotopic (exact) mass is 390 g/mol. The lowest BCUT2D eigenvalue weighted by Gasteiger charge is -2.37. The van der Waals surface area contributed by atoms with Crippen LogP contribution in [-0.4, -0.2) is 51.4 Å². The minimum Gasteiger partial charge on any atom is -0.340 e. The maximum absolute atomic E-state index is 12.9. The van der Waals surface area contributed by atoms with Gasteiger partial charge in [-0.25, -0.2) is 4.98 Å². The van der Waals surface area contributed by atoms with Gasteiger partial charge in [0, 0.05) is 25.7 Å². The third kappa shape index (κ3) is 4.38. The first-order valence-electron chi connectivity index (χ1n) is 10.1. The van der Waals surface area contributed by atoms with E-state index in [1.807, 2.05) is 23.1 Å². The van der Waals surface area contributed by atoms with Crippen LogP contribution in [0.25, 0.3) is 10.9 Å². The summed E-state index contributed by atoms with van der Waals surface area (Å²) in [5, 5.41) is 0.543. The third-order valence-corrected chi connectivity index (χ3v) is 5.68. The van der Waals surface area contributed by atoms with Gasteiger partial charge in [0.1, 0.15) is 6.54 Å². The minimum atomic E-state index is -0.168. The Hall–Kier alpha value is -2.99. The Morgan fingerprint density at radius 2 is 1.90 bits per heavy atom. The molecule has 150 valence electrons. The van der Waals surface area contributed by atoms with Gasteiger partial charge in [0.15, 0.2) is 0 Å². The molecule has 29 heavy (non-hydrogen) atoms. The molecule has 1 atom stereocenters.